The number of ether oxygens (including phenoxy) is 1. The summed E-state index contributed by atoms with van der Waals surface area (Å²) in [5, 5.41) is 6.23. The first kappa shape index (κ1) is 31.7. The molecule has 4 aromatic heterocycles. The number of fused-ring (bicyclic) bond motifs is 2. The highest BCUT2D eigenvalue weighted by Crippen LogP contribution is 2.42. The van der Waals surface area contributed by atoms with Crippen LogP contribution in [0.3, 0.4) is 0 Å². The monoisotopic (exact) mass is 693 g/mol. The van der Waals surface area contributed by atoms with Crippen LogP contribution in [0.2, 0.25) is 0 Å². The predicted octanol–water partition coefficient (Wildman–Crippen LogP) is 8.03. The highest BCUT2D eigenvalue weighted by molar-refractivity contribution is 7.31. The minimum absolute atomic E-state index is 0.0802. The largest absolute Gasteiger partial charge is 0.453 e. The quantitative estimate of drug-likeness (QED) is 0.128. The topological polar surface area (TPSA) is 128 Å². The molecule has 0 unspecified atom stereocenters. The normalized spacial score (nSPS) is 18.6. The molecule has 2 amide bonds. The van der Waals surface area contributed by atoms with Crippen molar-refractivity contribution >= 4 is 55.1 Å². The highest BCUT2D eigenvalue weighted by Gasteiger charge is 2.37. The maximum Gasteiger partial charge on any atom is 0.407 e. The molecule has 0 bridgehead atoms. The number of carbonyl (C=O) groups is 2. The molecule has 252 valence electrons. The number of imidazole rings is 2. The number of rotatable bonds is 8. The van der Waals surface area contributed by atoms with Gasteiger partial charge in [0.15, 0.2) is 0 Å². The van der Waals surface area contributed by atoms with E-state index in [1.807, 2.05) is 36.3 Å². The zero-order valence-corrected chi connectivity index (χ0v) is 29.3. The summed E-state index contributed by atoms with van der Waals surface area (Å²) in [5.74, 6) is 1.61. The van der Waals surface area contributed by atoms with Gasteiger partial charge in [-0.1, -0.05) is 44.2 Å². The fourth-order valence-corrected chi connectivity index (χ4v) is 9.44. The lowest BCUT2D eigenvalue weighted by atomic mass is 10.0. The van der Waals surface area contributed by atoms with Gasteiger partial charge < -0.3 is 30.2 Å². The average molecular weight is 694 g/mol. The van der Waals surface area contributed by atoms with E-state index in [1.165, 1.54) is 38.2 Å². The molecule has 2 saturated heterocycles. The smallest absolute Gasteiger partial charge is 0.407 e. The highest BCUT2D eigenvalue weighted by atomic mass is 32.1. The molecule has 2 aromatic carbocycles. The van der Waals surface area contributed by atoms with Crippen LogP contribution in [-0.2, 0) is 9.53 Å². The molecule has 12 heteroatoms. The summed E-state index contributed by atoms with van der Waals surface area (Å²) in [4.78, 5) is 46.4. The minimum atomic E-state index is -0.661. The van der Waals surface area contributed by atoms with Crippen molar-refractivity contribution in [3.63, 3.8) is 0 Å². The summed E-state index contributed by atoms with van der Waals surface area (Å²) in [6, 6.07) is 19.1. The molecule has 2 fully saturated rings. The number of likely N-dealkylation sites (tertiary alicyclic amines) is 1. The Morgan fingerprint density at radius 2 is 1.65 bits per heavy atom. The lowest BCUT2D eigenvalue weighted by Gasteiger charge is -2.29. The Morgan fingerprint density at radius 1 is 0.918 bits per heavy atom. The minimum Gasteiger partial charge on any atom is -0.453 e. The second-order valence-electron chi connectivity index (χ2n) is 13.3. The van der Waals surface area contributed by atoms with Crippen molar-refractivity contribution in [1.29, 1.82) is 0 Å². The molecular weight excluding hydrogens is 655 g/mol. The predicted molar refractivity (Wildman–Crippen MR) is 196 cm³/mol. The number of hydrogen-bond acceptors (Lipinski definition) is 8. The molecule has 3 atom stereocenters. The van der Waals surface area contributed by atoms with Gasteiger partial charge in [0.2, 0.25) is 5.91 Å². The number of aromatic amines is 2. The van der Waals surface area contributed by atoms with Crippen LogP contribution < -0.4 is 10.6 Å². The van der Waals surface area contributed by atoms with E-state index in [0.717, 1.165) is 65.3 Å². The lowest BCUT2D eigenvalue weighted by Crippen LogP contribution is -2.51. The molecule has 10 nitrogen and oxygen atoms in total. The Labute approximate surface area is 292 Å². The van der Waals surface area contributed by atoms with E-state index in [9.17, 15) is 9.59 Å². The first-order valence-electron chi connectivity index (χ1n) is 16.9. The van der Waals surface area contributed by atoms with Crippen LogP contribution >= 0.6 is 22.7 Å². The maximum absolute atomic E-state index is 13.6. The Balaban J connectivity index is 0.985. The van der Waals surface area contributed by atoms with Crippen molar-refractivity contribution in [1.82, 2.24) is 35.5 Å². The average Bonchev–Trinajstić information content (AvgIpc) is 3.95. The zero-order chi connectivity index (χ0) is 33.6. The van der Waals surface area contributed by atoms with Crippen LogP contribution in [0, 0.1) is 5.92 Å². The summed E-state index contributed by atoms with van der Waals surface area (Å²) in [6.07, 6.45) is 5.35. The first-order chi connectivity index (χ1) is 23.8. The number of H-pyrrole nitrogens is 2. The molecule has 2 aliphatic heterocycles. The van der Waals surface area contributed by atoms with Gasteiger partial charge in [0.1, 0.15) is 17.7 Å². The number of nitrogens with zero attached hydrogens (tertiary/aromatic N) is 3. The number of alkyl carbamates (subject to hydrolysis) is 1. The molecule has 0 aliphatic carbocycles. The molecule has 0 spiro atoms. The summed E-state index contributed by atoms with van der Waals surface area (Å²) in [7, 11) is 1.31. The van der Waals surface area contributed by atoms with Gasteiger partial charge in [-0.3, -0.25) is 4.79 Å². The van der Waals surface area contributed by atoms with Gasteiger partial charge in [-0.05, 0) is 79.1 Å². The van der Waals surface area contributed by atoms with E-state index in [1.54, 1.807) is 11.3 Å². The number of hydrogen-bond donors (Lipinski definition) is 4. The van der Waals surface area contributed by atoms with Crippen molar-refractivity contribution in [3.05, 3.63) is 72.4 Å². The van der Waals surface area contributed by atoms with Crippen LogP contribution in [0.25, 0.3) is 52.6 Å². The maximum atomic E-state index is 13.6. The Morgan fingerprint density at radius 3 is 2.37 bits per heavy atom. The van der Waals surface area contributed by atoms with Crippen LogP contribution in [-0.4, -0.2) is 63.1 Å². The Bertz CT molecular complexity index is 2110. The summed E-state index contributed by atoms with van der Waals surface area (Å²) in [5.41, 5.74) is 6.35. The molecule has 0 radical (unpaired) electrons. The molecule has 0 saturated carbocycles. The van der Waals surface area contributed by atoms with Gasteiger partial charge in [0.05, 0.1) is 42.1 Å². The summed E-state index contributed by atoms with van der Waals surface area (Å²) in [6.45, 7) is 5.52. The molecule has 4 N–H and O–H groups in total. The third-order valence-corrected chi connectivity index (χ3v) is 12.1. The van der Waals surface area contributed by atoms with Crippen molar-refractivity contribution < 1.29 is 14.3 Å². The van der Waals surface area contributed by atoms with Crippen molar-refractivity contribution in [2.75, 3.05) is 20.2 Å². The second kappa shape index (κ2) is 13.1. The van der Waals surface area contributed by atoms with E-state index in [4.69, 9.17) is 9.72 Å². The van der Waals surface area contributed by atoms with E-state index in [0.29, 0.717) is 12.6 Å². The number of amides is 2. The third-order valence-electron chi connectivity index (χ3n) is 9.70. The van der Waals surface area contributed by atoms with Gasteiger partial charge in [-0.2, -0.15) is 0 Å². The number of aromatic nitrogens is 4. The fourth-order valence-electron chi connectivity index (χ4n) is 7.05. The van der Waals surface area contributed by atoms with Crippen LogP contribution in [0.4, 0.5) is 4.79 Å². The van der Waals surface area contributed by atoms with Gasteiger partial charge >= 0.3 is 6.09 Å². The number of methoxy groups -OCH3 is 1. The Kier molecular flexibility index (Phi) is 8.46. The molecular formula is C37H39N7O3S2. The van der Waals surface area contributed by atoms with Gasteiger partial charge in [-0.25, -0.2) is 14.8 Å². The zero-order valence-electron chi connectivity index (χ0n) is 27.7. The number of nitrogens with one attached hydrogen (secondary N) is 4. The molecule has 6 aromatic rings. The van der Waals surface area contributed by atoms with E-state index < -0.39 is 12.1 Å². The Hall–Kier alpha value is -4.52. The fraction of sp³-hybridized carbons (Fsp3) is 0.351. The van der Waals surface area contributed by atoms with Crippen molar-refractivity contribution in [2.24, 2.45) is 5.92 Å². The standard InChI is InChI=1S/C37H39N7O3S2/c1-20(2)33(43-37(46)47-3)36(45)44-15-5-7-28(44)35-40-24-13-12-23(16-26(24)41-35)30-18-32-31(49-30)17-29(48-32)22-10-8-21(9-11-22)27-19-39-34(42-27)25-6-4-14-38-25/h8-13,16-20,25,28,33,38H,4-7,14-15H2,1-3H3,(H,39,42)(H,40,41)(H,43,46)/t25-,28-,33-/m0/s1. The number of carbonyl (C=O) groups excluding carboxylic acids is 2. The second-order valence-corrected chi connectivity index (χ2v) is 15.4. The molecule has 6 heterocycles. The van der Waals surface area contributed by atoms with Crippen LogP contribution in [0.15, 0.2) is 60.8 Å². The van der Waals surface area contributed by atoms with Gasteiger partial charge in [0.25, 0.3) is 0 Å². The first-order valence-corrected chi connectivity index (χ1v) is 18.6. The SMILES string of the molecule is COC(=O)N[C@H](C(=O)N1CCC[C@H]1c1nc2ccc(-c3cc4sc(-c5ccc(-c6cnc([C@@H]7CCCN7)[nH]6)cc5)cc4s3)cc2[nH]1)C(C)C. The van der Waals surface area contributed by atoms with Crippen LogP contribution in [0.1, 0.15) is 63.3 Å². The number of thiophene rings is 2. The summed E-state index contributed by atoms with van der Waals surface area (Å²) < 4.78 is 7.31. The molecule has 2 aliphatic rings. The van der Waals surface area contributed by atoms with Crippen LogP contribution in [0.5, 0.6) is 0 Å². The van der Waals surface area contributed by atoms with Gasteiger partial charge in [-0.15, -0.1) is 22.7 Å². The van der Waals surface area contributed by atoms with E-state index in [-0.39, 0.29) is 17.9 Å². The third kappa shape index (κ3) is 6.13. The lowest BCUT2D eigenvalue weighted by molar-refractivity contribution is -0.135. The van der Waals surface area contributed by atoms with E-state index >= 15 is 0 Å². The van der Waals surface area contributed by atoms with E-state index in [2.05, 4.69) is 80.2 Å². The molecule has 49 heavy (non-hydrogen) atoms. The molecule has 8 rings (SSSR count). The number of benzene rings is 2. The summed E-state index contributed by atoms with van der Waals surface area (Å²) >= 11 is 3.61. The van der Waals surface area contributed by atoms with Crippen molar-refractivity contribution in [3.8, 4) is 32.1 Å². The van der Waals surface area contributed by atoms with Crippen molar-refractivity contribution in [2.45, 2.75) is 57.7 Å². The van der Waals surface area contributed by atoms with Gasteiger partial charge in [0, 0.05) is 25.7 Å².